The van der Waals surface area contributed by atoms with Crippen molar-refractivity contribution >= 4 is 5.97 Å². The first-order chi connectivity index (χ1) is 15.0. The molecular weight excluding hydrogens is 396 g/mol. The highest BCUT2D eigenvalue weighted by Gasteiger charge is 2.66. The highest BCUT2D eigenvalue weighted by molar-refractivity contribution is 5.66. The van der Waals surface area contributed by atoms with Gasteiger partial charge in [0.05, 0.1) is 6.10 Å². The highest BCUT2D eigenvalue weighted by atomic mass is 16.6. The lowest BCUT2D eigenvalue weighted by Crippen LogP contribution is -2.64. The summed E-state index contributed by atoms with van der Waals surface area (Å²) < 4.78 is 6.17. The normalized spacial score (nSPS) is 46.8. The topological polar surface area (TPSA) is 46.5 Å². The lowest BCUT2D eigenvalue weighted by Gasteiger charge is -2.64. The number of carbonyl (C=O) groups excluding carboxylic acids is 1. The van der Waals surface area contributed by atoms with Gasteiger partial charge in [-0.05, 0) is 92.3 Å². The molecule has 32 heavy (non-hydrogen) atoms. The second kappa shape index (κ2) is 8.90. The van der Waals surface area contributed by atoms with E-state index in [0.29, 0.717) is 17.8 Å². The fraction of sp³-hybridized carbons (Fsp3) is 0.966. The molecule has 0 amide bonds. The minimum atomic E-state index is -0.451. The van der Waals surface area contributed by atoms with Crippen molar-refractivity contribution in [1.29, 1.82) is 0 Å². The molecule has 4 aliphatic carbocycles. The van der Waals surface area contributed by atoms with Crippen LogP contribution in [0.4, 0.5) is 0 Å². The third-order valence-electron chi connectivity index (χ3n) is 11.3. The van der Waals surface area contributed by atoms with Gasteiger partial charge in [-0.25, -0.2) is 0 Å². The van der Waals surface area contributed by atoms with Gasteiger partial charge in [-0.1, -0.05) is 53.9 Å². The highest BCUT2D eigenvalue weighted by Crippen LogP contribution is 2.69. The molecule has 184 valence electrons. The van der Waals surface area contributed by atoms with Crippen LogP contribution in [0.3, 0.4) is 0 Å². The second-order valence-electron chi connectivity index (χ2n) is 13.3. The summed E-state index contributed by atoms with van der Waals surface area (Å²) in [7, 11) is 0. The Labute approximate surface area is 197 Å². The van der Waals surface area contributed by atoms with Crippen molar-refractivity contribution in [2.45, 2.75) is 130 Å². The summed E-state index contributed by atoms with van der Waals surface area (Å²) in [6.45, 7) is 13.9. The van der Waals surface area contributed by atoms with Crippen molar-refractivity contribution in [2.24, 2.45) is 46.3 Å². The standard InChI is InChI=1S/C29H50O3/c1-19(2)8-7-9-20(3)24-10-11-25-23-13-17-29(32-21(4)30)18-22(31)12-16-28(29,6)26(23)14-15-27(24,25)5/h19-20,22-26,31H,7-18H2,1-6H3/t20-,22?,23?,24?,25?,26?,27?,28?,29-/m1/s1. The van der Waals surface area contributed by atoms with E-state index in [0.717, 1.165) is 48.9 Å². The fourth-order valence-electron chi connectivity index (χ4n) is 9.71. The van der Waals surface area contributed by atoms with Crippen LogP contribution in [-0.4, -0.2) is 22.8 Å². The van der Waals surface area contributed by atoms with Gasteiger partial charge in [-0.2, -0.15) is 0 Å². The van der Waals surface area contributed by atoms with E-state index in [1.165, 1.54) is 51.4 Å². The maximum atomic E-state index is 12.1. The number of hydrogen-bond donors (Lipinski definition) is 1. The first kappa shape index (κ1) is 24.6. The van der Waals surface area contributed by atoms with Gasteiger partial charge in [0.25, 0.3) is 0 Å². The third kappa shape index (κ3) is 3.97. The van der Waals surface area contributed by atoms with E-state index in [4.69, 9.17) is 4.74 Å². The lowest BCUT2D eigenvalue weighted by atomic mass is 9.43. The summed E-state index contributed by atoms with van der Waals surface area (Å²) in [6, 6.07) is 0. The number of ether oxygens (including phenoxy) is 1. The first-order valence-corrected chi connectivity index (χ1v) is 13.9. The van der Waals surface area contributed by atoms with E-state index in [2.05, 4.69) is 34.6 Å². The summed E-state index contributed by atoms with van der Waals surface area (Å²) in [5.41, 5.74) is 0.0566. The van der Waals surface area contributed by atoms with Gasteiger partial charge in [0.2, 0.25) is 0 Å². The van der Waals surface area contributed by atoms with Crippen LogP contribution in [0, 0.1) is 46.3 Å². The van der Waals surface area contributed by atoms with Gasteiger partial charge in [-0.15, -0.1) is 0 Å². The molecule has 4 rings (SSSR count). The number of esters is 1. The van der Waals surface area contributed by atoms with Crippen LogP contribution in [0.1, 0.15) is 119 Å². The SMILES string of the molecule is CC(=O)O[C@@]12CCC3C4CCC([C@H](C)CCCC(C)C)C4(C)CCC3C1(C)CCC(O)C2. The molecule has 0 aromatic carbocycles. The Kier molecular flexibility index (Phi) is 6.83. The Morgan fingerprint density at radius 3 is 2.41 bits per heavy atom. The molecular formula is C29H50O3. The van der Waals surface area contributed by atoms with Gasteiger partial charge in [0.15, 0.2) is 0 Å². The van der Waals surface area contributed by atoms with Crippen LogP contribution in [0.2, 0.25) is 0 Å². The largest absolute Gasteiger partial charge is 0.459 e. The lowest BCUT2D eigenvalue weighted by molar-refractivity contribution is -0.237. The van der Waals surface area contributed by atoms with Crippen molar-refractivity contribution in [1.82, 2.24) is 0 Å². The van der Waals surface area contributed by atoms with Gasteiger partial charge < -0.3 is 9.84 Å². The van der Waals surface area contributed by atoms with Crippen LogP contribution in [0.15, 0.2) is 0 Å². The average Bonchev–Trinajstić information content (AvgIpc) is 3.05. The van der Waals surface area contributed by atoms with Crippen molar-refractivity contribution in [2.75, 3.05) is 0 Å². The van der Waals surface area contributed by atoms with Crippen LogP contribution in [-0.2, 0) is 9.53 Å². The summed E-state index contributed by atoms with van der Waals surface area (Å²) >= 11 is 0. The molecule has 3 heteroatoms. The van der Waals surface area contributed by atoms with E-state index in [1.807, 2.05) is 0 Å². The second-order valence-corrected chi connectivity index (χ2v) is 13.3. The first-order valence-electron chi connectivity index (χ1n) is 13.9. The van der Waals surface area contributed by atoms with Crippen LogP contribution < -0.4 is 0 Å². The maximum Gasteiger partial charge on any atom is 0.303 e. The molecule has 9 atom stereocenters. The van der Waals surface area contributed by atoms with E-state index in [-0.39, 0.29) is 17.5 Å². The molecule has 0 radical (unpaired) electrons. The molecule has 0 heterocycles. The van der Waals surface area contributed by atoms with E-state index in [9.17, 15) is 9.90 Å². The van der Waals surface area contributed by atoms with Crippen LogP contribution >= 0.6 is 0 Å². The Hall–Kier alpha value is -0.570. The molecule has 4 fully saturated rings. The molecule has 1 N–H and O–H groups in total. The van der Waals surface area contributed by atoms with E-state index >= 15 is 0 Å². The average molecular weight is 447 g/mol. The molecule has 4 aliphatic rings. The van der Waals surface area contributed by atoms with Crippen molar-refractivity contribution < 1.29 is 14.6 Å². The van der Waals surface area contributed by atoms with Gasteiger partial charge in [0, 0.05) is 18.8 Å². The molecule has 0 bridgehead atoms. The predicted octanol–water partition coefficient (Wildman–Crippen LogP) is 7.15. The molecule has 0 aromatic rings. The zero-order chi connectivity index (χ0) is 23.3. The monoisotopic (exact) mass is 446 g/mol. The number of carbonyl (C=O) groups is 1. The minimum Gasteiger partial charge on any atom is -0.459 e. The van der Waals surface area contributed by atoms with Crippen LogP contribution in [0.5, 0.6) is 0 Å². The molecule has 0 spiro atoms. The van der Waals surface area contributed by atoms with Crippen LogP contribution in [0.25, 0.3) is 0 Å². The summed E-state index contributed by atoms with van der Waals surface area (Å²) in [5, 5.41) is 10.5. The molecule has 4 saturated carbocycles. The quantitative estimate of drug-likeness (QED) is 0.440. The zero-order valence-corrected chi connectivity index (χ0v) is 21.8. The number of fused-ring (bicyclic) bond motifs is 5. The summed E-state index contributed by atoms with van der Waals surface area (Å²) in [5.74, 6) is 4.60. The van der Waals surface area contributed by atoms with E-state index < -0.39 is 5.60 Å². The molecule has 3 nitrogen and oxygen atoms in total. The molecule has 0 aromatic heterocycles. The van der Waals surface area contributed by atoms with Gasteiger partial charge in [-0.3, -0.25) is 4.79 Å². The number of aliphatic hydroxyl groups excluding tert-OH is 1. The zero-order valence-electron chi connectivity index (χ0n) is 21.8. The number of aliphatic hydroxyl groups is 1. The van der Waals surface area contributed by atoms with Gasteiger partial charge in [0.1, 0.15) is 5.60 Å². The predicted molar refractivity (Wildman–Crippen MR) is 130 cm³/mol. The Morgan fingerprint density at radius 1 is 0.969 bits per heavy atom. The van der Waals surface area contributed by atoms with Crippen molar-refractivity contribution in [3.05, 3.63) is 0 Å². The molecule has 0 saturated heterocycles. The fourth-order valence-corrected chi connectivity index (χ4v) is 9.71. The van der Waals surface area contributed by atoms with Crippen molar-refractivity contribution in [3.8, 4) is 0 Å². The Balaban J connectivity index is 1.53. The molecule has 0 aliphatic heterocycles. The Bertz CT molecular complexity index is 688. The van der Waals surface area contributed by atoms with Gasteiger partial charge >= 0.3 is 5.97 Å². The third-order valence-corrected chi connectivity index (χ3v) is 11.3. The minimum absolute atomic E-state index is 0.0170. The number of hydrogen-bond acceptors (Lipinski definition) is 3. The smallest absolute Gasteiger partial charge is 0.303 e. The summed E-state index contributed by atoms with van der Waals surface area (Å²) in [4.78, 5) is 12.1. The maximum absolute atomic E-state index is 12.1. The Morgan fingerprint density at radius 2 is 1.72 bits per heavy atom. The number of rotatable bonds is 6. The van der Waals surface area contributed by atoms with E-state index in [1.54, 1.807) is 6.92 Å². The summed E-state index contributed by atoms with van der Waals surface area (Å²) in [6.07, 6.45) is 13.9. The van der Waals surface area contributed by atoms with Crippen molar-refractivity contribution in [3.63, 3.8) is 0 Å². The molecule has 7 unspecified atom stereocenters.